The highest BCUT2D eigenvalue weighted by Gasteiger charge is 2.33. The Balaban J connectivity index is 1.54. The number of carbonyl (C=O) groups is 1. The zero-order valence-electron chi connectivity index (χ0n) is 12.0. The fourth-order valence-corrected chi connectivity index (χ4v) is 2.78. The molecule has 1 aromatic carbocycles. The Bertz CT molecular complexity index is 482. The van der Waals surface area contributed by atoms with Crippen molar-refractivity contribution in [2.75, 3.05) is 13.2 Å². The van der Waals surface area contributed by atoms with Gasteiger partial charge in [-0.2, -0.15) is 0 Å². The summed E-state index contributed by atoms with van der Waals surface area (Å²) in [7, 11) is 0. The Labute approximate surface area is 124 Å². The van der Waals surface area contributed by atoms with Crippen molar-refractivity contribution < 1.29 is 13.9 Å². The largest absolute Gasteiger partial charge is 0.376 e. The fraction of sp³-hybridized carbons (Fsp3) is 0.562. The van der Waals surface area contributed by atoms with E-state index in [2.05, 4.69) is 10.6 Å². The third-order valence-corrected chi connectivity index (χ3v) is 4.12. The molecule has 0 unspecified atom stereocenters. The summed E-state index contributed by atoms with van der Waals surface area (Å²) >= 11 is 0. The molecule has 1 aliphatic carbocycles. The number of amides is 2. The molecule has 0 bridgehead atoms. The van der Waals surface area contributed by atoms with Crippen molar-refractivity contribution in [2.45, 2.75) is 37.8 Å². The second-order valence-electron chi connectivity index (χ2n) is 5.86. The molecule has 3 rings (SSSR count). The lowest BCUT2D eigenvalue weighted by molar-refractivity contribution is 0.111. The minimum atomic E-state index is -0.254. The van der Waals surface area contributed by atoms with Gasteiger partial charge < -0.3 is 15.4 Å². The fourth-order valence-electron chi connectivity index (χ4n) is 2.78. The molecule has 1 aliphatic heterocycles. The highest BCUT2D eigenvalue weighted by Crippen LogP contribution is 2.40. The molecule has 5 heteroatoms. The van der Waals surface area contributed by atoms with E-state index < -0.39 is 0 Å². The van der Waals surface area contributed by atoms with Gasteiger partial charge in [0.1, 0.15) is 5.82 Å². The summed E-state index contributed by atoms with van der Waals surface area (Å²) in [5, 5.41) is 5.88. The molecule has 1 heterocycles. The van der Waals surface area contributed by atoms with Gasteiger partial charge in [-0.05, 0) is 49.3 Å². The van der Waals surface area contributed by atoms with Gasteiger partial charge in [-0.15, -0.1) is 0 Å². The van der Waals surface area contributed by atoms with Gasteiger partial charge in [-0.3, -0.25) is 0 Å². The Kier molecular flexibility index (Phi) is 4.39. The molecule has 4 nitrogen and oxygen atoms in total. The standard InChI is InChI=1S/C16H21FN2O2/c17-13-7-5-12(6-8-13)15(11-3-4-11)19-16(20)18-10-14-2-1-9-21-14/h5-8,11,14-15H,1-4,9-10H2,(H2,18,19,20)/t14-,15-/m0/s1. The molecule has 1 aromatic rings. The van der Waals surface area contributed by atoms with E-state index in [0.29, 0.717) is 12.5 Å². The van der Waals surface area contributed by atoms with E-state index in [1.807, 2.05) is 0 Å². The van der Waals surface area contributed by atoms with Crippen molar-refractivity contribution in [3.05, 3.63) is 35.6 Å². The summed E-state index contributed by atoms with van der Waals surface area (Å²) in [5.74, 6) is 0.208. The van der Waals surface area contributed by atoms with Gasteiger partial charge in [0.05, 0.1) is 12.1 Å². The Hall–Kier alpha value is -1.62. The van der Waals surface area contributed by atoms with E-state index in [1.165, 1.54) is 12.1 Å². The van der Waals surface area contributed by atoms with Crippen LogP contribution in [0.3, 0.4) is 0 Å². The Morgan fingerprint density at radius 3 is 2.67 bits per heavy atom. The first-order chi connectivity index (χ1) is 10.2. The van der Waals surface area contributed by atoms with E-state index in [1.54, 1.807) is 12.1 Å². The normalized spacial score (nSPS) is 22.8. The average Bonchev–Trinajstić information content (AvgIpc) is 3.19. The van der Waals surface area contributed by atoms with Gasteiger partial charge in [-0.1, -0.05) is 12.1 Å². The third-order valence-electron chi connectivity index (χ3n) is 4.12. The summed E-state index contributed by atoms with van der Waals surface area (Å²) in [6.07, 6.45) is 4.42. The van der Waals surface area contributed by atoms with Crippen molar-refractivity contribution in [3.63, 3.8) is 0 Å². The van der Waals surface area contributed by atoms with Crippen molar-refractivity contribution in [1.29, 1.82) is 0 Å². The van der Waals surface area contributed by atoms with Crippen molar-refractivity contribution in [2.24, 2.45) is 5.92 Å². The highest BCUT2D eigenvalue weighted by molar-refractivity contribution is 5.74. The lowest BCUT2D eigenvalue weighted by atomic mass is 10.0. The minimum absolute atomic E-state index is 0.0323. The van der Waals surface area contributed by atoms with E-state index in [4.69, 9.17) is 4.74 Å². The van der Waals surface area contributed by atoms with Crippen LogP contribution in [-0.4, -0.2) is 25.3 Å². The molecule has 0 aromatic heterocycles. The number of hydrogen-bond acceptors (Lipinski definition) is 2. The number of nitrogens with one attached hydrogen (secondary N) is 2. The van der Waals surface area contributed by atoms with Crippen LogP contribution in [0.5, 0.6) is 0 Å². The van der Waals surface area contributed by atoms with Gasteiger partial charge in [0.15, 0.2) is 0 Å². The van der Waals surface area contributed by atoms with Crippen LogP contribution in [0.15, 0.2) is 24.3 Å². The van der Waals surface area contributed by atoms with Gasteiger partial charge >= 0.3 is 6.03 Å². The van der Waals surface area contributed by atoms with Gasteiger partial charge in [0, 0.05) is 13.2 Å². The van der Waals surface area contributed by atoms with Crippen LogP contribution in [0, 0.1) is 11.7 Å². The maximum Gasteiger partial charge on any atom is 0.315 e. The molecule has 2 N–H and O–H groups in total. The number of hydrogen-bond donors (Lipinski definition) is 2. The first-order valence-corrected chi connectivity index (χ1v) is 7.64. The third kappa shape index (κ3) is 3.94. The van der Waals surface area contributed by atoms with Crippen LogP contribution in [-0.2, 0) is 4.74 Å². The molecule has 0 spiro atoms. The number of halogens is 1. The van der Waals surface area contributed by atoms with E-state index in [-0.39, 0.29) is 24.0 Å². The quantitative estimate of drug-likeness (QED) is 0.876. The zero-order valence-corrected chi connectivity index (χ0v) is 12.0. The zero-order chi connectivity index (χ0) is 14.7. The molecule has 21 heavy (non-hydrogen) atoms. The van der Waals surface area contributed by atoms with Gasteiger partial charge in [0.25, 0.3) is 0 Å². The van der Waals surface area contributed by atoms with Crippen LogP contribution in [0.1, 0.15) is 37.3 Å². The van der Waals surface area contributed by atoms with Crippen LogP contribution < -0.4 is 10.6 Å². The summed E-state index contributed by atoms with van der Waals surface area (Å²) in [5.41, 5.74) is 0.964. The van der Waals surface area contributed by atoms with Crippen LogP contribution in [0.25, 0.3) is 0 Å². The number of carbonyl (C=O) groups excluding carboxylic acids is 1. The molecule has 2 amide bonds. The lowest BCUT2D eigenvalue weighted by Crippen LogP contribution is -2.41. The summed E-state index contributed by atoms with van der Waals surface area (Å²) in [4.78, 5) is 12.0. The predicted octanol–water partition coefficient (Wildman–Crippen LogP) is 2.76. The molecule has 0 radical (unpaired) electrons. The monoisotopic (exact) mass is 292 g/mol. The molecule has 1 saturated carbocycles. The lowest BCUT2D eigenvalue weighted by Gasteiger charge is -2.20. The molecule has 114 valence electrons. The summed E-state index contributed by atoms with van der Waals surface area (Å²) in [6.45, 7) is 1.33. The maximum atomic E-state index is 13.0. The molecule has 2 aliphatic rings. The second kappa shape index (κ2) is 6.43. The van der Waals surface area contributed by atoms with E-state index >= 15 is 0 Å². The topological polar surface area (TPSA) is 50.4 Å². The Morgan fingerprint density at radius 2 is 2.05 bits per heavy atom. The first-order valence-electron chi connectivity index (χ1n) is 7.64. The molecular formula is C16H21FN2O2. The summed E-state index contributed by atoms with van der Waals surface area (Å²) in [6, 6.07) is 6.17. The van der Waals surface area contributed by atoms with Gasteiger partial charge in [0.2, 0.25) is 0 Å². The molecule has 2 fully saturated rings. The number of rotatable bonds is 5. The second-order valence-corrected chi connectivity index (χ2v) is 5.86. The number of ether oxygens (including phenoxy) is 1. The molecule has 2 atom stereocenters. The molecule has 1 saturated heterocycles. The van der Waals surface area contributed by atoms with Gasteiger partial charge in [-0.25, -0.2) is 9.18 Å². The van der Waals surface area contributed by atoms with Crippen LogP contribution in [0.2, 0.25) is 0 Å². The smallest absolute Gasteiger partial charge is 0.315 e. The summed E-state index contributed by atoms with van der Waals surface area (Å²) < 4.78 is 18.5. The van der Waals surface area contributed by atoms with Crippen LogP contribution in [0.4, 0.5) is 9.18 Å². The van der Waals surface area contributed by atoms with Crippen molar-refractivity contribution in [3.8, 4) is 0 Å². The minimum Gasteiger partial charge on any atom is -0.376 e. The maximum absolute atomic E-state index is 13.0. The predicted molar refractivity (Wildman–Crippen MR) is 77.4 cm³/mol. The highest BCUT2D eigenvalue weighted by atomic mass is 19.1. The average molecular weight is 292 g/mol. The molecular weight excluding hydrogens is 271 g/mol. The van der Waals surface area contributed by atoms with E-state index in [9.17, 15) is 9.18 Å². The number of benzene rings is 1. The first kappa shape index (κ1) is 14.3. The van der Waals surface area contributed by atoms with Crippen LogP contribution >= 0.6 is 0 Å². The Morgan fingerprint density at radius 1 is 1.29 bits per heavy atom. The van der Waals surface area contributed by atoms with Crippen molar-refractivity contribution >= 4 is 6.03 Å². The SMILES string of the molecule is O=C(NC[C@@H]1CCCO1)N[C@H](c1ccc(F)cc1)C1CC1. The van der Waals surface area contributed by atoms with Crippen molar-refractivity contribution in [1.82, 2.24) is 10.6 Å². The van der Waals surface area contributed by atoms with E-state index in [0.717, 1.165) is 37.9 Å². The number of urea groups is 1.